The molecule has 0 N–H and O–H groups in total. The van der Waals surface area contributed by atoms with Crippen molar-refractivity contribution >= 4 is 39.1 Å². The van der Waals surface area contributed by atoms with Crippen LogP contribution in [0.15, 0.2) is 48.5 Å². The van der Waals surface area contributed by atoms with Crippen molar-refractivity contribution in [1.29, 1.82) is 0 Å². The maximum Gasteiger partial charge on any atom is 0.353 e. The number of halogens is 3. The van der Waals surface area contributed by atoms with E-state index in [1.54, 1.807) is 29.8 Å². The Balaban J connectivity index is 1.71. The molecule has 2 heterocycles. The Morgan fingerprint density at radius 1 is 1.15 bits per heavy atom. The third kappa shape index (κ3) is 3.31. The van der Waals surface area contributed by atoms with Crippen LogP contribution in [0.1, 0.15) is 15.4 Å². The number of fused-ring (bicyclic) bond motifs is 1. The van der Waals surface area contributed by atoms with Crippen molar-refractivity contribution in [3.8, 4) is 11.4 Å². The van der Waals surface area contributed by atoms with Gasteiger partial charge in [0.2, 0.25) is 0 Å². The van der Waals surface area contributed by atoms with E-state index in [1.807, 2.05) is 0 Å². The fourth-order valence-corrected chi connectivity index (χ4v) is 3.90. The lowest BCUT2D eigenvalue weighted by molar-refractivity contribution is 0.0740. The number of hydrogen-bond donors (Lipinski definition) is 0. The van der Waals surface area contributed by atoms with E-state index in [9.17, 15) is 13.6 Å². The van der Waals surface area contributed by atoms with E-state index in [4.69, 9.17) is 16.3 Å². The maximum atomic E-state index is 13.6. The van der Waals surface area contributed by atoms with Crippen LogP contribution in [0.2, 0.25) is 5.02 Å². The summed E-state index contributed by atoms with van der Waals surface area (Å²) in [6.45, 7) is 1.80. The Bertz CT molecular complexity index is 1190. The van der Waals surface area contributed by atoms with Gasteiger partial charge in [0.1, 0.15) is 27.1 Å². The average Bonchev–Trinajstić information content (AvgIpc) is 3.18. The van der Waals surface area contributed by atoms with Crippen molar-refractivity contribution in [3.63, 3.8) is 0 Å². The fraction of sp³-hybridized carbons (Fsp3) is 0.0526. The molecule has 0 aliphatic heterocycles. The van der Waals surface area contributed by atoms with Crippen molar-refractivity contribution in [1.82, 2.24) is 9.78 Å². The topological polar surface area (TPSA) is 44.1 Å². The molecule has 4 aromatic rings. The monoisotopic (exact) mass is 404 g/mol. The number of aryl methyl sites for hydroxylation is 1. The average molecular weight is 405 g/mol. The minimum atomic E-state index is -0.616. The Morgan fingerprint density at radius 2 is 1.93 bits per heavy atom. The van der Waals surface area contributed by atoms with Crippen molar-refractivity contribution in [2.45, 2.75) is 6.92 Å². The summed E-state index contributed by atoms with van der Waals surface area (Å²) in [5, 5.41) is 5.19. The van der Waals surface area contributed by atoms with Crippen LogP contribution < -0.4 is 4.74 Å². The molecule has 2 aromatic heterocycles. The number of rotatable bonds is 3. The predicted octanol–water partition coefficient (Wildman–Crippen LogP) is 5.55. The molecule has 8 heteroatoms. The Hall–Kier alpha value is -2.77. The molecular weight excluding hydrogens is 394 g/mol. The molecule has 0 aliphatic carbocycles. The van der Waals surface area contributed by atoms with Crippen LogP contribution >= 0.6 is 22.9 Å². The maximum absolute atomic E-state index is 13.6. The normalized spacial score (nSPS) is 11.1. The van der Waals surface area contributed by atoms with Gasteiger partial charge in [-0.1, -0.05) is 17.7 Å². The largest absolute Gasteiger partial charge is 0.421 e. The molecule has 0 radical (unpaired) electrons. The summed E-state index contributed by atoms with van der Waals surface area (Å²) >= 11 is 7.07. The van der Waals surface area contributed by atoms with Crippen LogP contribution in [-0.4, -0.2) is 15.7 Å². The number of aromatic nitrogens is 2. The van der Waals surface area contributed by atoms with Crippen LogP contribution in [0.3, 0.4) is 0 Å². The quantitative estimate of drug-likeness (QED) is 0.332. The van der Waals surface area contributed by atoms with E-state index in [-0.39, 0.29) is 16.6 Å². The van der Waals surface area contributed by atoms with Gasteiger partial charge in [-0.15, -0.1) is 11.3 Å². The molecule has 27 heavy (non-hydrogen) atoms. The molecule has 0 saturated carbocycles. The van der Waals surface area contributed by atoms with E-state index in [1.165, 1.54) is 29.5 Å². The van der Waals surface area contributed by atoms with Crippen LogP contribution in [0, 0.1) is 18.6 Å². The number of thiophene rings is 1. The predicted molar refractivity (Wildman–Crippen MR) is 100 cm³/mol. The molecule has 0 bridgehead atoms. The number of nitrogens with zero attached hydrogens (tertiary/aromatic N) is 2. The number of benzene rings is 2. The molecule has 4 nitrogen and oxygen atoms in total. The SMILES string of the molecule is Cc1nn(-c2cccc(F)c2)c2sc(C(=O)Oc3ccc(F)cc3Cl)cc12. The van der Waals surface area contributed by atoms with E-state index in [2.05, 4.69) is 5.10 Å². The van der Waals surface area contributed by atoms with Crippen LogP contribution in [0.25, 0.3) is 15.9 Å². The van der Waals surface area contributed by atoms with E-state index in [0.29, 0.717) is 21.1 Å². The third-order valence-corrected chi connectivity index (χ3v) is 5.28. The fourth-order valence-electron chi connectivity index (χ4n) is 2.64. The second-order valence-electron chi connectivity index (χ2n) is 5.77. The van der Waals surface area contributed by atoms with Gasteiger partial charge in [-0.2, -0.15) is 5.10 Å². The van der Waals surface area contributed by atoms with Gasteiger partial charge in [0, 0.05) is 5.39 Å². The zero-order valence-corrected chi connectivity index (χ0v) is 15.4. The number of carbonyl (C=O) groups excluding carboxylic acids is 1. The summed E-state index contributed by atoms with van der Waals surface area (Å²) in [6.07, 6.45) is 0. The molecule has 0 fully saturated rings. The zero-order chi connectivity index (χ0) is 19.1. The highest BCUT2D eigenvalue weighted by Gasteiger charge is 2.19. The highest BCUT2D eigenvalue weighted by atomic mass is 35.5. The molecule has 0 atom stereocenters. The molecule has 0 unspecified atom stereocenters. The van der Waals surface area contributed by atoms with Gasteiger partial charge in [0.15, 0.2) is 0 Å². The van der Waals surface area contributed by atoms with Gasteiger partial charge in [0.05, 0.1) is 16.4 Å². The lowest BCUT2D eigenvalue weighted by Gasteiger charge is -2.05. The minimum absolute atomic E-state index is 0.00609. The first-order chi connectivity index (χ1) is 12.9. The molecule has 0 saturated heterocycles. The zero-order valence-electron chi connectivity index (χ0n) is 13.9. The summed E-state index contributed by atoms with van der Waals surface area (Å²) in [5.41, 5.74) is 1.25. The van der Waals surface area contributed by atoms with Crippen molar-refractivity contribution in [2.75, 3.05) is 0 Å². The van der Waals surface area contributed by atoms with Crippen molar-refractivity contribution in [2.24, 2.45) is 0 Å². The van der Waals surface area contributed by atoms with Gasteiger partial charge in [-0.25, -0.2) is 18.3 Å². The number of carbonyl (C=O) groups is 1. The van der Waals surface area contributed by atoms with E-state index >= 15 is 0 Å². The van der Waals surface area contributed by atoms with Crippen LogP contribution in [0.4, 0.5) is 8.78 Å². The first kappa shape index (κ1) is 17.6. The van der Waals surface area contributed by atoms with E-state index < -0.39 is 11.8 Å². The number of hydrogen-bond acceptors (Lipinski definition) is 4. The van der Waals surface area contributed by atoms with Gasteiger partial charge in [-0.3, -0.25) is 0 Å². The van der Waals surface area contributed by atoms with E-state index in [0.717, 1.165) is 17.5 Å². The Morgan fingerprint density at radius 3 is 2.67 bits per heavy atom. The molecular formula is C19H11ClF2N2O2S. The molecule has 0 spiro atoms. The molecule has 136 valence electrons. The first-order valence-electron chi connectivity index (χ1n) is 7.85. The molecule has 4 rings (SSSR count). The second kappa shape index (κ2) is 6.75. The third-order valence-electron chi connectivity index (χ3n) is 3.90. The van der Waals surface area contributed by atoms with Crippen LogP contribution in [0.5, 0.6) is 5.75 Å². The van der Waals surface area contributed by atoms with Gasteiger partial charge < -0.3 is 4.74 Å². The summed E-state index contributed by atoms with van der Waals surface area (Å²) in [4.78, 5) is 13.5. The van der Waals surface area contributed by atoms with Crippen LogP contribution in [-0.2, 0) is 0 Å². The number of ether oxygens (including phenoxy) is 1. The molecule has 0 amide bonds. The summed E-state index contributed by atoms with van der Waals surface area (Å²) < 4.78 is 33.5. The highest BCUT2D eigenvalue weighted by molar-refractivity contribution is 7.20. The highest BCUT2D eigenvalue weighted by Crippen LogP contribution is 2.32. The minimum Gasteiger partial charge on any atom is -0.421 e. The summed E-state index contributed by atoms with van der Waals surface area (Å²) in [6, 6.07) is 11.2. The Kier molecular flexibility index (Phi) is 4.41. The standard InChI is InChI=1S/C19H11ClF2N2O2S/c1-10-14-9-17(19(25)26-16-6-5-12(22)8-15(16)20)27-18(14)24(23-10)13-4-2-3-11(21)7-13/h2-9H,1H3. The second-order valence-corrected chi connectivity index (χ2v) is 7.21. The number of esters is 1. The van der Waals surface area contributed by atoms with Gasteiger partial charge in [0.25, 0.3) is 0 Å². The molecule has 2 aromatic carbocycles. The molecule has 0 aliphatic rings. The Labute approximate surface area is 161 Å². The smallest absolute Gasteiger partial charge is 0.353 e. The first-order valence-corrected chi connectivity index (χ1v) is 9.04. The van der Waals surface area contributed by atoms with Gasteiger partial charge in [-0.05, 0) is 49.4 Å². The van der Waals surface area contributed by atoms with Crippen molar-refractivity contribution in [3.05, 3.63) is 75.8 Å². The summed E-state index contributed by atoms with van der Waals surface area (Å²) in [7, 11) is 0. The van der Waals surface area contributed by atoms with Crippen molar-refractivity contribution < 1.29 is 18.3 Å². The lowest BCUT2D eigenvalue weighted by Crippen LogP contribution is -2.07. The van der Waals surface area contributed by atoms with Gasteiger partial charge >= 0.3 is 5.97 Å². The lowest BCUT2D eigenvalue weighted by atomic mass is 10.3. The summed E-state index contributed by atoms with van der Waals surface area (Å²) in [5.74, 6) is -1.44.